The third-order valence-electron chi connectivity index (χ3n) is 6.62. The van der Waals surface area contributed by atoms with E-state index >= 15 is 0 Å². The average molecular weight is 510 g/mol. The second kappa shape index (κ2) is 10.8. The minimum Gasteiger partial charge on any atom is -0.497 e. The first-order valence-corrected chi connectivity index (χ1v) is 12.4. The van der Waals surface area contributed by atoms with E-state index in [-0.39, 0.29) is 24.7 Å². The van der Waals surface area contributed by atoms with Crippen LogP contribution in [0.25, 0.3) is 10.8 Å². The first-order valence-electron chi connectivity index (χ1n) is 12.4. The molecule has 1 saturated heterocycles. The number of methoxy groups -OCH3 is 1. The monoisotopic (exact) mass is 509 g/mol. The number of carbonyl (C=O) groups excluding carboxylic acids is 3. The summed E-state index contributed by atoms with van der Waals surface area (Å²) in [4.78, 5) is 39.7. The summed E-state index contributed by atoms with van der Waals surface area (Å²) >= 11 is 0. The van der Waals surface area contributed by atoms with Gasteiger partial charge in [-0.1, -0.05) is 36.4 Å². The van der Waals surface area contributed by atoms with E-state index in [2.05, 4.69) is 0 Å². The van der Waals surface area contributed by atoms with E-state index in [1.54, 1.807) is 60.5 Å². The Morgan fingerprint density at radius 2 is 1.55 bits per heavy atom. The molecule has 1 amide bonds. The third kappa shape index (κ3) is 5.22. The van der Waals surface area contributed by atoms with Crippen molar-refractivity contribution in [1.82, 2.24) is 0 Å². The van der Waals surface area contributed by atoms with E-state index in [1.807, 2.05) is 42.5 Å². The highest BCUT2D eigenvalue weighted by Crippen LogP contribution is 2.32. The molecule has 1 aliphatic heterocycles. The highest BCUT2D eigenvalue weighted by atomic mass is 16.5. The SMILES string of the molecule is COc1ccc(C(=O)[C@H](C)OC(=O)[C@@H]2CC(=O)N(c3ccc(Oc4cccc5ccccc45)cc3)C2)cc1. The summed E-state index contributed by atoms with van der Waals surface area (Å²) in [6.45, 7) is 1.72. The quantitative estimate of drug-likeness (QED) is 0.220. The van der Waals surface area contributed by atoms with Gasteiger partial charge in [0.1, 0.15) is 17.2 Å². The van der Waals surface area contributed by atoms with Crippen molar-refractivity contribution >= 4 is 34.1 Å². The number of ether oxygens (including phenoxy) is 3. The van der Waals surface area contributed by atoms with Crippen molar-refractivity contribution in [1.29, 1.82) is 0 Å². The van der Waals surface area contributed by atoms with E-state index in [0.717, 1.165) is 16.5 Å². The number of carbonyl (C=O) groups is 3. The molecule has 4 aromatic carbocycles. The number of amides is 1. The second-order valence-electron chi connectivity index (χ2n) is 9.15. The van der Waals surface area contributed by atoms with Gasteiger partial charge in [0.05, 0.1) is 13.0 Å². The Kier molecular flexibility index (Phi) is 7.09. The van der Waals surface area contributed by atoms with Crippen molar-refractivity contribution in [2.75, 3.05) is 18.6 Å². The van der Waals surface area contributed by atoms with Crippen molar-refractivity contribution < 1.29 is 28.6 Å². The van der Waals surface area contributed by atoms with Crippen molar-refractivity contribution in [3.05, 3.63) is 96.6 Å². The molecule has 1 aliphatic rings. The minimum absolute atomic E-state index is 0.0243. The molecule has 1 heterocycles. The van der Waals surface area contributed by atoms with E-state index in [4.69, 9.17) is 14.2 Å². The Morgan fingerprint density at radius 3 is 2.29 bits per heavy atom. The van der Waals surface area contributed by atoms with Gasteiger partial charge >= 0.3 is 5.97 Å². The van der Waals surface area contributed by atoms with Gasteiger partial charge in [-0.15, -0.1) is 0 Å². The summed E-state index contributed by atoms with van der Waals surface area (Å²) in [5.41, 5.74) is 1.08. The first-order chi connectivity index (χ1) is 18.4. The predicted octanol–water partition coefficient (Wildman–Crippen LogP) is 5.81. The highest BCUT2D eigenvalue weighted by molar-refractivity contribution is 6.02. The van der Waals surface area contributed by atoms with Crippen LogP contribution in [0.1, 0.15) is 23.7 Å². The van der Waals surface area contributed by atoms with Gasteiger partial charge in [-0.2, -0.15) is 0 Å². The van der Waals surface area contributed by atoms with Crippen LogP contribution in [0.5, 0.6) is 17.2 Å². The summed E-state index contributed by atoms with van der Waals surface area (Å²) in [6.07, 6.45) is -0.943. The molecule has 0 aliphatic carbocycles. The Hall–Kier alpha value is -4.65. The van der Waals surface area contributed by atoms with Gasteiger partial charge in [-0.25, -0.2) is 0 Å². The normalized spacial score (nSPS) is 15.8. The summed E-state index contributed by atoms with van der Waals surface area (Å²) in [5, 5.41) is 2.09. The number of rotatable bonds is 8. The Morgan fingerprint density at radius 1 is 0.868 bits per heavy atom. The molecule has 0 radical (unpaired) electrons. The standard InChI is InChI=1S/C31H27NO6/c1-20(30(34)22-10-14-25(36-2)15-11-22)37-31(35)23-18-29(33)32(19-23)24-12-16-26(17-13-24)38-28-9-5-7-21-6-3-4-8-27(21)28/h3-17,20,23H,18-19H2,1-2H3/t20-,23+/m0/s1. The Bertz CT molecular complexity index is 1470. The molecule has 38 heavy (non-hydrogen) atoms. The lowest BCUT2D eigenvalue weighted by Crippen LogP contribution is -2.30. The topological polar surface area (TPSA) is 82.1 Å². The molecular weight excluding hydrogens is 482 g/mol. The molecule has 192 valence electrons. The highest BCUT2D eigenvalue weighted by Gasteiger charge is 2.37. The van der Waals surface area contributed by atoms with Crippen LogP contribution in [-0.2, 0) is 14.3 Å². The maximum Gasteiger partial charge on any atom is 0.312 e. The lowest BCUT2D eigenvalue weighted by molar-refractivity contribution is -0.151. The zero-order valence-electron chi connectivity index (χ0n) is 21.1. The van der Waals surface area contributed by atoms with Crippen LogP contribution in [0, 0.1) is 5.92 Å². The van der Waals surface area contributed by atoms with Crippen LogP contribution < -0.4 is 14.4 Å². The lowest BCUT2D eigenvalue weighted by Gasteiger charge is -2.18. The van der Waals surface area contributed by atoms with Crippen molar-refractivity contribution in [2.24, 2.45) is 5.92 Å². The van der Waals surface area contributed by atoms with E-state index in [1.165, 1.54) is 6.92 Å². The number of Topliss-reactive ketones (excluding diaryl/α,β-unsaturated/α-hetero) is 1. The van der Waals surface area contributed by atoms with Gasteiger partial charge in [0.2, 0.25) is 11.7 Å². The Labute approximate surface area is 220 Å². The van der Waals surface area contributed by atoms with Crippen molar-refractivity contribution in [3.8, 4) is 17.2 Å². The molecule has 7 heteroatoms. The zero-order valence-corrected chi connectivity index (χ0v) is 21.1. The molecule has 0 saturated carbocycles. The van der Waals surface area contributed by atoms with Crippen molar-refractivity contribution in [2.45, 2.75) is 19.4 Å². The van der Waals surface area contributed by atoms with Gasteiger partial charge < -0.3 is 19.1 Å². The number of ketones is 1. The molecule has 2 atom stereocenters. The summed E-state index contributed by atoms with van der Waals surface area (Å²) in [6, 6.07) is 27.7. The van der Waals surface area contributed by atoms with Gasteiger partial charge in [0.15, 0.2) is 6.10 Å². The molecule has 1 fully saturated rings. The number of benzene rings is 4. The number of fused-ring (bicyclic) bond motifs is 1. The predicted molar refractivity (Wildman–Crippen MR) is 144 cm³/mol. The van der Waals surface area contributed by atoms with Crippen LogP contribution >= 0.6 is 0 Å². The fraction of sp³-hybridized carbons (Fsp3) is 0.194. The number of nitrogens with zero attached hydrogens (tertiary/aromatic N) is 1. The number of esters is 1. The van der Waals surface area contributed by atoms with Crippen LogP contribution in [0.2, 0.25) is 0 Å². The molecule has 0 unspecified atom stereocenters. The van der Waals surface area contributed by atoms with Gasteiger partial charge in [0, 0.05) is 29.6 Å². The summed E-state index contributed by atoms with van der Waals surface area (Å²) in [5.74, 6) is 0.302. The molecule has 0 spiro atoms. The summed E-state index contributed by atoms with van der Waals surface area (Å²) in [7, 11) is 1.54. The fourth-order valence-electron chi connectivity index (χ4n) is 4.53. The van der Waals surface area contributed by atoms with Crippen LogP contribution in [0.15, 0.2) is 91.0 Å². The largest absolute Gasteiger partial charge is 0.497 e. The van der Waals surface area contributed by atoms with E-state index < -0.39 is 18.0 Å². The second-order valence-corrected chi connectivity index (χ2v) is 9.15. The van der Waals surface area contributed by atoms with E-state index in [0.29, 0.717) is 22.7 Å². The molecule has 0 bridgehead atoms. The average Bonchev–Trinajstić information content (AvgIpc) is 3.35. The van der Waals surface area contributed by atoms with Gasteiger partial charge in [-0.05, 0) is 66.9 Å². The molecule has 7 nitrogen and oxygen atoms in total. The summed E-state index contributed by atoms with van der Waals surface area (Å²) < 4.78 is 16.6. The smallest absolute Gasteiger partial charge is 0.312 e. The molecular formula is C31H27NO6. The molecule has 4 aromatic rings. The number of hydrogen-bond donors (Lipinski definition) is 0. The molecule has 0 N–H and O–H groups in total. The van der Waals surface area contributed by atoms with Crippen molar-refractivity contribution in [3.63, 3.8) is 0 Å². The van der Waals surface area contributed by atoms with Crippen LogP contribution in [-0.4, -0.2) is 37.4 Å². The lowest BCUT2D eigenvalue weighted by atomic mass is 10.1. The van der Waals surface area contributed by atoms with Gasteiger partial charge in [-0.3, -0.25) is 14.4 Å². The number of hydrogen-bond acceptors (Lipinski definition) is 6. The minimum atomic E-state index is -0.967. The molecule has 0 aromatic heterocycles. The van der Waals surface area contributed by atoms with E-state index in [9.17, 15) is 14.4 Å². The first kappa shape index (κ1) is 25.0. The number of anilines is 1. The Balaban J connectivity index is 1.21. The van der Waals surface area contributed by atoms with Crippen LogP contribution in [0.4, 0.5) is 5.69 Å². The zero-order chi connectivity index (χ0) is 26.6. The molecule has 5 rings (SSSR count). The maximum absolute atomic E-state index is 12.8. The fourth-order valence-corrected chi connectivity index (χ4v) is 4.53. The van der Waals surface area contributed by atoms with Gasteiger partial charge in [0.25, 0.3) is 0 Å². The maximum atomic E-state index is 12.8. The third-order valence-corrected chi connectivity index (χ3v) is 6.62. The van der Waals surface area contributed by atoms with Crippen LogP contribution in [0.3, 0.4) is 0 Å².